The van der Waals surface area contributed by atoms with Gasteiger partial charge < -0.3 is 14.6 Å². The van der Waals surface area contributed by atoms with Crippen LogP contribution in [-0.4, -0.2) is 35.9 Å². The second kappa shape index (κ2) is 9.56. The Balaban J connectivity index is 1.72. The molecule has 0 radical (unpaired) electrons. The predicted octanol–water partition coefficient (Wildman–Crippen LogP) is 4.18. The lowest BCUT2D eigenvalue weighted by Crippen LogP contribution is -2.49. The molecule has 0 heterocycles. The summed E-state index contributed by atoms with van der Waals surface area (Å²) in [6.45, 7) is 2.23. The number of carbonyl (C=O) groups is 2. The number of hydrogen-bond donors (Lipinski definition) is 1. The fraction of sp³-hybridized carbons (Fsp3) is 0.391. The molecule has 1 aliphatic carbocycles. The number of ether oxygens (including phenoxy) is 2. The maximum atomic E-state index is 12.9. The third-order valence-electron chi connectivity index (χ3n) is 5.23. The number of amides is 1. The molecule has 6 heteroatoms. The SMILES string of the molecule is CCOC(=O)C1CCC(O)(CN(C(=O)Oc2ccccc2)c2ccccc2)CC1. The molecule has 6 nitrogen and oxygen atoms in total. The van der Waals surface area contributed by atoms with Crippen LogP contribution in [0.2, 0.25) is 0 Å². The number of benzene rings is 2. The fourth-order valence-electron chi connectivity index (χ4n) is 3.62. The molecule has 0 unspecified atom stereocenters. The Kier molecular flexibility index (Phi) is 6.88. The van der Waals surface area contributed by atoms with Crippen molar-refractivity contribution in [3.8, 4) is 5.75 Å². The first-order chi connectivity index (χ1) is 14.0. The van der Waals surface area contributed by atoms with Crippen molar-refractivity contribution in [2.75, 3.05) is 18.1 Å². The smallest absolute Gasteiger partial charge is 0.419 e. The van der Waals surface area contributed by atoms with Gasteiger partial charge in [0.15, 0.2) is 0 Å². The van der Waals surface area contributed by atoms with Crippen molar-refractivity contribution in [3.05, 3.63) is 60.7 Å². The van der Waals surface area contributed by atoms with Crippen molar-refractivity contribution in [1.29, 1.82) is 0 Å². The summed E-state index contributed by atoms with van der Waals surface area (Å²) in [5.41, 5.74) is -0.441. The monoisotopic (exact) mass is 397 g/mol. The highest BCUT2D eigenvalue weighted by Gasteiger charge is 2.39. The normalized spacial score (nSPS) is 21.2. The van der Waals surface area contributed by atoms with Crippen LogP contribution >= 0.6 is 0 Å². The minimum atomic E-state index is -1.09. The lowest BCUT2D eigenvalue weighted by molar-refractivity contribution is -0.150. The third-order valence-corrected chi connectivity index (χ3v) is 5.23. The number of para-hydroxylation sites is 2. The van der Waals surface area contributed by atoms with E-state index in [-0.39, 0.29) is 18.4 Å². The zero-order valence-corrected chi connectivity index (χ0v) is 16.6. The van der Waals surface area contributed by atoms with Crippen LogP contribution < -0.4 is 9.64 Å². The Labute approximate surface area is 171 Å². The van der Waals surface area contributed by atoms with Crippen molar-refractivity contribution in [3.63, 3.8) is 0 Å². The predicted molar refractivity (Wildman–Crippen MR) is 110 cm³/mol. The van der Waals surface area contributed by atoms with Crippen LogP contribution in [0.3, 0.4) is 0 Å². The van der Waals surface area contributed by atoms with Gasteiger partial charge in [-0.3, -0.25) is 9.69 Å². The highest BCUT2D eigenvalue weighted by Crippen LogP contribution is 2.34. The molecular weight excluding hydrogens is 370 g/mol. The van der Waals surface area contributed by atoms with E-state index in [2.05, 4.69) is 0 Å². The molecule has 0 aromatic heterocycles. The molecule has 1 N–H and O–H groups in total. The van der Waals surface area contributed by atoms with E-state index in [0.29, 0.717) is 43.7 Å². The minimum Gasteiger partial charge on any atom is -0.466 e. The van der Waals surface area contributed by atoms with Crippen LogP contribution in [0.5, 0.6) is 5.75 Å². The summed E-state index contributed by atoms with van der Waals surface area (Å²) < 4.78 is 10.6. The van der Waals surface area contributed by atoms with E-state index in [1.54, 1.807) is 43.3 Å². The van der Waals surface area contributed by atoms with E-state index < -0.39 is 11.7 Å². The Morgan fingerprint density at radius 1 is 1.03 bits per heavy atom. The van der Waals surface area contributed by atoms with E-state index >= 15 is 0 Å². The van der Waals surface area contributed by atoms with Crippen LogP contribution in [0.4, 0.5) is 10.5 Å². The number of hydrogen-bond acceptors (Lipinski definition) is 5. The molecule has 2 aromatic carbocycles. The number of esters is 1. The summed E-state index contributed by atoms with van der Waals surface area (Å²) in [6.07, 6.45) is 1.34. The van der Waals surface area contributed by atoms with Crippen molar-refractivity contribution in [2.45, 2.75) is 38.2 Å². The zero-order chi connectivity index (χ0) is 20.7. The lowest BCUT2D eigenvalue weighted by Gasteiger charge is -2.38. The Morgan fingerprint density at radius 2 is 1.62 bits per heavy atom. The maximum absolute atomic E-state index is 12.9. The van der Waals surface area contributed by atoms with Gasteiger partial charge in [-0.25, -0.2) is 4.79 Å². The molecule has 1 aliphatic rings. The highest BCUT2D eigenvalue weighted by atomic mass is 16.6. The molecule has 3 rings (SSSR count). The first-order valence-electron chi connectivity index (χ1n) is 9.99. The largest absolute Gasteiger partial charge is 0.466 e. The summed E-state index contributed by atoms with van der Waals surface area (Å²) in [7, 11) is 0. The van der Waals surface area contributed by atoms with Crippen LogP contribution in [-0.2, 0) is 9.53 Å². The first kappa shape index (κ1) is 20.9. The van der Waals surface area contributed by atoms with Crippen molar-refractivity contribution in [1.82, 2.24) is 0 Å². The van der Waals surface area contributed by atoms with Crippen LogP contribution in [0.25, 0.3) is 0 Å². The zero-order valence-electron chi connectivity index (χ0n) is 16.6. The lowest BCUT2D eigenvalue weighted by atomic mass is 9.78. The second-order valence-corrected chi connectivity index (χ2v) is 7.35. The van der Waals surface area contributed by atoms with Gasteiger partial charge in [-0.05, 0) is 56.9 Å². The van der Waals surface area contributed by atoms with Crippen molar-refractivity contribution in [2.24, 2.45) is 5.92 Å². The standard InChI is InChI=1S/C23H27NO5/c1-2-28-21(25)18-13-15-23(27,16-14-18)17-24(19-9-5-3-6-10-19)22(26)29-20-11-7-4-8-12-20/h3-12,18,27H,2,13-17H2,1H3. The van der Waals surface area contributed by atoms with Gasteiger partial charge in [0.1, 0.15) is 5.75 Å². The molecule has 29 heavy (non-hydrogen) atoms. The third kappa shape index (κ3) is 5.57. The Hall–Kier alpha value is -2.86. The molecule has 1 amide bonds. The van der Waals surface area contributed by atoms with Crippen LogP contribution in [0.1, 0.15) is 32.6 Å². The highest BCUT2D eigenvalue weighted by molar-refractivity contribution is 5.89. The summed E-state index contributed by atoms with van der Waals surface area (Å²) in [5.74, 6) is 0.0334. The van der Waals surface area contributed by atoms with Gasteiger partial charge in [0.2, 0.25) is 0 Å². The van der Waals surface area contributed by atoms with Gasteiger partial charge >= 0.3 is 12.1 Å². The number of carbonyl (C=O) groups excluding carboxylic acids is 2. The average molecular weight is 397 g/mol. The van der Waals surface area contributed by atoms with Crippen LogP contribution in [0.15, 0.2) is 60.7 Å². The first-order valence-corrected chi connectivity index (χ1v) is 9.99. The topological polar surface area (TPSA) is 76.1 Å². The van der Waals surface area contributed by atoms with Gasteiger partial charge in [0.25, 0.3) is 0 Å². The molecule has 0 saturated heterocycles. The van der Waals surface area contributed by atoms with E-state index in [0.717, 1.165) is 0 Å². The van der Waals surface area contributed by atoms with E-state index in [1.165, 1.54) is 4.90 Å². The number of aliphatic hydroxyl groups is 1. The van der Waals surface area contributed by atoms with E-state index in [4.69, 9.17) is 9.47 Å². The second-order valence-electron chi connectivity index (χ2n) is 7.35. The van der Waals surface area contributed by atoms with E-state index in [1.807, 2.05) is 24.3 Å². The Bertz CT molecular complexity index is 801. The van der Waals surface area contributed by atoms with Crippen molar-refractivity contribution < 1.29 is 24.2 Å². The molecule has 0 spiro atoms. The molecule has 0 atom stereocenters. The maximum Gasteiger partial charge on any atom is 0.419 e. The Morgan fingerprint density at radius 3 is 2.21 bits per heavy atom. The number of anilines is 1. The van der Waals surface area contributed by atoms with Gasteiger partial charge in [-0.1, -0.05) is 36.4 Å². The van der Waals surface area contributed by atoms with Crippen molar-refractivity contribution >= 4 is 17.7 Å². The van der Waals surface area contributed by atoms with Gasteiger partial charge in [0.05, 0.1) is 24.7 Å². The molecular formula is C23H27NO5. The molecule has 154 valence electrons. The molecule has 1 fully saturated rings. The molecule has 2 aromatic rings. The molecule has 0 aliphatic heterocycles. The van der Waals surface area contributed by atoms with Gasteiger partial charge in [-0.15, -0.1) is 0 Å². The summed E-state index contributed by atoms with van der Waals surface area (Å²) in [5, 5.41) is 11.1. The summed E-state index contributed by atoms with van der Waals surface area (Å²) in [4.78, 5) is 26.3. The average Bonchev–Trinajstić information content (AvgIpc) is 2.74. The van der Waals surface area contributed by atoms with Crippen LogP contribution in [0, 0.1) is 5.92 Å². The molecule has 1 saturated carbocycles. The number of nitrogens with zero attached hydrogens (tertiary/aromatic N) is 1. The fourth-order valence-corrected chi connectivity index (χ4v) is 3.62. The quantitative estimate of drug-likeness (QED) is 0.740. The molecule has 0 bridgehead atoms. The number of rotatable bonds is 6. The minimum absolute atomic E-state index is 0.0955. The summed E-state index contributed by atoms with van der Waals surface area (Å²) >= 11 is 0. The summed E-state index contributed by atoms with van der Waals surface area (Å²) in [6, 6.07) is 18.0. The van der Waals surface area contributed by atoms with Gasteiger partial charge in [-0.2, -0.15) is 0 Å². The van der Waals surface area contributed by atoms with Gasteiger partial charge in [0, 0.05) is 5.69 Å². The van der Waals surface area contributed by atoms with E-state index in [9.17, 15) is 14.7 Å².